The van der Waals surface area contributed by atoms with Crippen LogP contribution in [0.1, 0.15) is 70.6 Å². The van der Waals surface area contributed by atoms with E-state index in [0.29, 0.717) is 12.4 Å². The van der Waals surface area contributed by atoms with Gasteiger partial charge in [-0.2, -0.15) is 0 Å². The molecule has 2 aliphatic rings. The number of hydrogen-bond acceptors (Lipinski definition) is 2. The van der Waals surface area contributed by atoms with Gasteiger partial charge >= 0.3 is 0 Å². The topological polar surface area (TPSA) is 34.4 Å². The fraction of sp³-hybridized carbons (Fsp3) is 0.481. The molecule has 1 N–H and O–H groups in total. The first kappa shape index (κ1) is 20.6. The third-order valence-electron chi connectivity index (χ3n) is 7.42. The average molecular weight is 422 g/mol. The first-order valence-corrected chi connectivity index (χ1v) is 11.6. The van der Waals surface area contributed by atoms with E-state index in [-0.39, 0.29) is 16.8 Å². The Morgan fingerprint density at radius 1 is 1.03 bits per heavy atom. The molecule has 0 amide bonds. The Kier molecular flexibility index (Phi) is 4.89. The highest BCUT2D eigenvalue weighted by atomic mass is 19.1. The molecule has 1 spiro atoms. The van der Waals surface area contributed by atoms with Crippen molar-refractivity contribution in [3.8, 4) is 11.4 Å². The van der Waals surface area contributed by atoms with Crippen molar-refractivity contribution >= 4 is 10.9 Å². The monoisotopic (exact) mass is 421 g/mol. The Balaban J connectivity index is 1.83. The lowest BCUT2D eigenvalue weighted by Crippen LogP contribution is -2.44. The molecular formula is C27H32FNO2. The van der Waals surface area contributed by atoms with Crippen molar-refractivity contribution in [1.82, 2.24) is 4.57 Å². The minimum Gasteiger partial charge on any atom is -0.507 e. The van der Waals surface area contributed by atoms with Gasteiger partial charge in [0.05, 0.1) is 17.7 Å². The van der Waals surface area contributed by atoms with E-state index in [1.165, 1.54) is 30.7 Å². The molecule has 164 valence electrons. The Morgan fingerprint density at radius 3 is 2.39 bits per heavy atom. The fourth-order valence-corrected chi connectivity index (χ4v) is 5.86. The summed E-state index contributed by atoms with van der Waals surface area (Å²) in [6.45, 7) is 7.40. The molecule has 3 nitrogen and oxygen atoms in total. The number of ether oxygens (including phenoxy) is 1. The molecule has 1 saturated carbocycles. The van der Waals surface area contributed by atoms with Crippen LogP contribution in [0.3, 0.4) is 0 Å². The second-order valence-corrected chi connectivity index (χ2v) is 10.3. The van der Waals surface area contributed by atoms with Crippen LogP contribution in [0.25, 0.3) is 16.6 Å². The zero-order valence-electron chi connectivity index (χ0n) is 18.7. The molecule has 3 aromatic rings. The van der Waals surface area contributed by atoms with E-state index in [2.05, 4.69) is 31.4 Å². The molecule has 1 aliphatic carbocycles. The van der Waals surface area contributed by atoms with Crippen LogP contribution in [0.2, 0.25) is 0 Å². The van der Waals surface area contributed by atoms with Crippen molar-refractivity contribution in [2.24, 2.45) is 5.92 Å². The molecule has 1 fully saturated rings. The minimum atomic E-state index is -0.382. The molecule has 4 heteroatoms. The molecule has 31 heavy (non-hydrogen) atoms. The Bertz CT molecular complexity index is 1100. The Hall–Kier alpha value is -2.33. The second-order valence-electron chi connectivity index (χ2n) is 10.3. The number of aromatic hydroxyl groups is 1. The predicted molar refractivity (Wildman–Crippen MR) is 122 cm³/mol. The van der Waals surface area contributed by atoms with Gasteiger partial charge in [-0.1, -0.05) is 39.7 Å². The van der Waals surface area contributed by atoms with Gasteiger partial charge in [0.1, 0.15) is 11.6 Å². The Morgan fingerprint density at radius 2 is 1.71 bits per heavy atom. The van der Waals surface area contributed by atoms with Crippen LogP contribution in [-0.4, -0.2) is 16.3 Å². The number of phenolic OH excluding ortho intramolecular Hbond substituents is 1. The number of aromatic nitrogens is 1. The maximum absolute atomic E-state index is 13.7. The highest BCUT2D eigenvalue weighted by Crippen LogP contribution is 2.54. The van der Waals surface area contributed by atoms with E-state index in [1.807, 2.05) is 18.2 Å². The number of rotatable bonds is 1. The van der Waals surface area contributed by atoms with Crippen LogP contribution in [-0.2, 0) is 15.8 Å². The van der Waals surface area contributed by atoms with Gasteiger partial charge in [0.25, 0.3) is 0 Å². The van der Waals surface area contributed by atoms with Crippen molar-refractivity contribution in [3.63, 3.8) is 0 Å². The largest absolute Gasteiger partial charge is 0.507 e. The van der Waals surface area contributed by atoms with Gasteiger partial charge in [-0.25, -0.2) is 4.39 Å². The number of benzene rings is 2. The van der Waals surface area contributed by atoms with Crippen molar-refractivity contribution < 1.29 is 14.2 Å². The van der Waals surface area contributed by atoms with Gasteiger partial charge in [0.2, 0.25) is 0 Å². The highest BCUT2D eigenvalue weighted by molar-refractivity contribution is 5.94. The lowest BCUT2D eigenvalue weighted by molar-refractivity contribution is -0.101. The molecule has 0 unspecified atom stereocenters. The minimum absolute atomic E-state index is 0.240. The summed E-state index contributed by atoms with van der Waals surface area (Å²) in [4.78, 5) is 0. The Labute approximate surface area is 183 Å². The molecule has 2 heterocycles. The van der Waals surface area contributed by atoms with Crippen LogP contribution in [0.5, 0.6) is 5.75 Å². The van der Waals surface area contributed by atoms with E-state index in [9.17, 15) is 9.50 Å². The molecule has 0 atom stereocenters. The summed E-state index contributed by atoms with van der Waals surface area (Å²) in [5.41, 5.74) is 3.60. The highest BCUT2D eigenvalue weighted by Gasteiger charge is 2.48. The van der Waals surface area contributed by atoms with Gasteiger partial charge < -0.3 is 14.4 Å². The van der Waals surface area contributed by atoms with Gasteiger partial charge in [0.15, 0.2) is 0 Å². The molecular weight excluding hydrogens is 389 g/mol. The number of halogens is 1. The summed E-state index contributed by atoms with van der Waals surface area (Å²) in [7, 11) is 0. The molecule has 1 aliphatic heterocycles. The summed E-state index contributed by atoms with van der Waals surface area (Å²) in [6.07, 6.45) is 6.61. The van der Waals surface area contributed by atoms with Crippen LogP contribution in [0.4, 0.5) is 4.39 Å². The average Bonchev–Trinajstić information content (AvgIpc) is 3.09. The van der Waals surface area contributed by atoms with Crippen LogP contribution >= 0.6 is 0 Å². The van der Waals surface area contributed by atoms with Crippen molar-refractivity contribution in [2.45, 2.75) is 70.3 Å². The summed E-state index contributed by atoms with van der Waals surface area (Å²) in [6, 6.07) is 12.4. The number of hydrogen-bond donors (Lipinski definition) is 1. The van der Waals surface area contributed by atoms with Crippen LogP contribution in [0, 0.1) is 11.7 Å². The molecule has 0 radical (unpaired) electrons. The number of phenols is 1. The lowest BCUT2D eigenvalue weighted by Gasteiger charge is -2.46. The van der Waals surface area contributed by atoms with Crippen molar-refractivity contribution in [1.29, 1.82) is 0 Å². The standard InChI is InChI=1S/C27H32FNO2/c1-18-7-5-15-27(16-6-8-18)24-23-21(9-4-10-22(23)30)29(20-13-11-19(28)12-14-20)25(24)26(2,3)17-31-27/h4,9-14,18,30H,5-8,15-17H2,1-3H3. The number of fused-ring (bicyclic) bond motifs is 4. The van der Waals surface area contributed by atoms with E-state index >= 15 is 0 Å². The first-order valence-electron chi connectivity index (χ1n) is 11.6. The molecule has 5 rings (SSSR count). The predicted octanol–water partition coefficient (Wildman–Crippen LogP) is 6.97. The fourth-order valence-electron chi connectivity index (χ4n) is 5.86. The molecule has 1 aromatic heterocycles. The van der Waals surface area contributed by atoms with E-state index in [1.54, 1.807) is 6.07 Å². The maximum Gasteiger partial charge on any atom is 0.125 e. The van der Waals surface area contributed by atoms with E-state index in [0.717, 1.165) is 53.8 Å². The lowest BCUT2D eigenvalue weighted by atomic mass is 9.72. The molecule has 2 aromatic carbocycles. The van der Waals surface area contributed by atoms with Gasteiger partial charge in [-0.05, 0) is 68.0 Å². The summed E-state index contributed by atoms with van der Waals surface area (Å²) in [5, 5.41) is 11.9. The van der Waals surface area contributed by atoms with Gasteiger partial charge in [-0.3, -0.25) is 0 Å². The van der Waals surface area contributed by atoms with E-state index < -0.39 is 0 Å². The third-order valence-corrected chi connectivity index (χ3v) is 7.42. The molecule has 0 saturated heterocycles. The van der Waals surface area contributed by atoms with Crippen molar-refractivity contribution in [3.05, 3.63) is 59.5 Å². The normalized spacial score (nSPS) is 25.9. The first-order chi connectivity index (χ1) is 14.8. The number of nitrogens with zero attached hydrogens (tertiary/aromatic N) is 1. The van der Waals surface area contributed by atoms with Crippen LogP contribution in [0.15, 0.2) is 42.5 Å². The van der Waals surface area contributed by atoms with Gasteiger partial charge in [-0.15, -0.1) is 0 Å². The summed E-state index contributed by atoms with van der Waals surface area (Å²) < 4.78 is 22.7. The van der Waals surface area contributed by atoms with Gasteiger partial charge in [0, 0.05) is 27.7 Å². The van der Waals surface area contributed by atoms with E-state index in [4.69, 9.17) is 4.74 Å². The summed E-state index contributed by atoms with van der Waals surface area (Å²) >= 11 is 0. The van der Waals surface area contributed by atoms with Crippen molar-refractivity contribution in [2.75, 3.05) is 6.61 Å². The zero-order chi connectivity index (χ0) is 21.8. The SMILES string of the molecule is CC1CCCC2(CCC1)OCC(C)(C)c1c2c2c(O)cccc2n1-c1ccc(F)cc1. The molecule has 0 bridgehead atoms. The summed E-state index contributed by atoms with van der Waals surface area (Å²) in [5.74, 6) is 0.807. The van der Waals surface area contributed by atoms with Crippen LogP contribution < -0.4 is 0 Å². The quantitative estimate of drug-likeness (QED) is 0.460. The maximum atomic E-state index is 13.7. The third kappa shape index (κ3) is 3.27. The zero-order valence-corrected chi connectivity index (χ0v) is 18.7. The smallest absolute Gasteiger partial charge is 0.125 e. The second kappa shape index (κ2) is 7.37.